The molecule has 0 saturated carbocycles. The summed E-state index contributed by atoms with van der Waals surface area (Å²) in [5.41, 5.74) is 2.76. The molecule has 0 radical (unpaired) electrons. The second-order valence-electron chi connectivity index (χ2n) is 2.64. The third-order valence-electron chi connectivity index (χ3n) is 1.50. The van der Waals surface area contributed by atoms with Crippen molar-refractivity contribution >= 4 is 11.8 Å². The fraction of sp³-hybridized carbons (Fsp3) is 0.500. The number of thioether (sulfide) groups is 1. The zero-order valence-electron chi connectivity index (χ0n) is 5.98. The Kier molecular flexibility index (Phi) is 2.01. The number of hydrogen-bond donors (Lipinski definition) is 0. The molecule has 50 valence electrons. The second-order valence-corrected chi connectivity index (χ2v) is 3.50. The van der Waals surface area contributed by atoms with Crippen molar-refractivity contribution in [1.82, 2.24) is 0 Å². The minimum Gasteiger partial charge on any atom is -0.129 e. The Hall–Kier alpha value is -0.170. The van der Waals surface area contributed by atoms with E-state index in [2.05, 4.69) is 25.8 Å². The van der Waals surface area contributed by atoms with Gasteiger partial charge in [0.25, 0.3) is 0 Å². The molecule has 0 saturated heterocycles. The van der Waals surface area contributed by atoms with E-state index in [4.69, 9.17) is 0 Å². The van der Waals surface area contributed by atoms with Crippen molar-refractivity contribution < 1.29 is 0 Å². The molecule has 0 bridgehead atoms. The average Bonchev–Trinajstić information content (AvgIpc) is 2.13. The average molecular weight is 140 g/mol. The summed E-state index contributed by atoms with van der Waals surface area (Å²) in [5.74, 6) is 1.76. The summed E-state index contributed by atoms with van der Waals surface area (Å²) in [7, 11) is 0. The van der Waals surface area contributed by atoms with E-state index in [9.17, 15) is 0 Å². The summed E-state index contributed by atoms with van der Waals surface area (Å²) in [6, 6.07) is 0. The van der Waals surface area contributed by atoms with Crippen molar-refractivity contribution in [3.8, 4) is 0 Å². The molecule has 0 spiro atoms. The molecule has 0 atom stereocenters. The molecule has 1 aliphatic rings. The lowest BCUT2D eigenvalue weighted by Gasteiger charge is -2.05. The first-order valence-electron chi connectivity index (χ1n) is 3.21. The van der Waals surface area contributed by atoms with Gasteiger partial charge >= 0.3 is 0 Å². The second kappa shape index (κ2) is 2.61. The summed E-state index contributed by atoms with van der Waals surface area (Å²) in [5, 5.41) is 2.23. The third-order valence-corrected chi connectivity index (χ3v) is 2.43. The van der Waals surface area contributed by atoms with Crippen LogP contribution in [0.2, 0.25) is 0 Å². The maximum atomic E-state index is 3.97. The Bertz CT molecular complexity index is 154. The quantitative estimate of drug-likeness (QED) is 0.539. The highest BCUT2D eigenvalue weighted by Crippen LogP contribution is 2.30. The molecular formula is C8H12S. The molecule has 0 aromatic heterocycles. The van der Waals surface area contributed by atoms with Crippen molar-refractivity contribution in [3.63, 3.8) is 0 Å². The van der Waals surface area contributed by atoms with Gasteiger partial charge in [0.05, 0.1) is 0 Å². The van der Waals surface area contributed by atoms with Gasteiger partial charge in [-0.25, -0.2) is 0 Å². The van der Waals surface area contributed by atoms with Crippen molar-refractivity contribution in [2.24, 2.45) is 5.92 Å². The van der Waals surface area contributed by atoms with E-state index in [0.717, 1.165) is 5.75 Å². The van der Waals surface area contributed by atoms with E-state index >= 15 is 0 Å². The first-order chi connectivity index (χ1) is 4.22. The highest BCUT2D eigenvalue weighted by molar-refractivity contribution is 8.02. The van der Waals surface area contributed by atoms with Gasteiger partial charge in [-0.05, 0) is 22.5 Å². The lowest BCUT2D eigenvalue weighted by Crippen LogP contribution is -1.93. The van der Waals surface area contributed by atoms with Crippen LogP contribution in [0.25, 0.3) is 0 Å². The van der Waals surface area contributed by atoms with Crippen LogP contribution < -0.4 is 0 Å². The fourth-order valence-corrected chi connectivity index (χ4v) is 2.01. The summed E-state index contributed by atoms with van der Waals surface area (Å²) in [4.78, 5) is 0. The standard InChI is InChI=1S/C8H12S/c1-6(2)8-5-9-4-7(8)3/h5-6H,3-4H2,1-2H3. The Morgan fingerprint density at radius 2 is 2.33 bits per heavy atom. The number of hydrogen-bond acceptors (Lipinski definition) is 1. The van der Waals surface area contributed by atoms with E-state index in [0.29, 0.717) is 5.92 Å². The van der Waals surface area contributed by atoms with Gasteiger partial charge in [-0.1, -0.05) is 20.4 Å². The Balaban J connectivity index is 2.68. The smallest absolute Gasteiger partial charge is 0.0223 e. The molecule has 0 N–H and O–H groups in total. The van der Waals surface area contributed by atoms with Crippen molar-refractivity contribution in [2.45, 2.75) is 13.8 Å². The van der Waals surface area contributed by atoms with Crippen LogP contribution in [0.3, 0.4) is 0 Å². The van der Waals surface area contributed by atoms with Gasteiger partial charge in [-0.15, -0.1) is 11.8 Å². The number of allylic oxidation sites excluding steroid dienone is 1. The molecule has 1 heterocycles. The van der Waals surface area contributed by atoms with Crippen molar-refractivity contribution in [2.75, 3.05) is 5.75 Å². The SMILES string of the molecule is C=C1CSC=C1C(C)C. The fourth-order valence-electron chi connectivity index (χ4n) is 0.943. The van der Waals surface area contributed by atoms with Gasteiger partial charge in [-0.2, -0.15) is 0 Å². The van der Waals surface area contributed by atoms with E-state index < -0.39 is 0 Å². The molecule has 1 rings (SSSR count). The van der Waals surface area contributed by atoms with Gasteiger partial charge in [0.1, 0.15) is 0 Å². The molecule has 0 unspecified atom stereocenters. The van der Waals surface area contributed by atoms with Crippen LogP contribution in [-0.4, -0.2) is 5.75 Å². The van der Waals surface area contributed by atoms with Crippen molar-refractivity contribution in [1.29, 1.82) is 0 Å². The highest BCUT2D eigenvalue weighted by Gasteiger charge is 2.11. The molecule has 0 amide bonds. The van der Waals surface area contributed by atoms with Gasteiger partial charge < -0.3 is 0 Å². The Morgan fingerprint density at radius 1 is 1.67 bits per heavy atom. The minimum atomic E-state index is 0.660. The van der Waals surface area contributed by atoms with Crippen molar-refractivity contribution in [3.05, 3.63) is 23.1 Å². The molecule has 0 aromatic rings. The van der Waals surface area contributed by atoms with E-state index in [1.54, 1.807) is 0 Å². The molecule has 1 aliphatic heterocycles. The first-order valence-corrected chi connectivity index (χ1v) is 4.26. The summed E-state index contributed by atoms with van der Waals surface area (Å²) in [6.45, 7) is 8.39. The normalized spacial score (nSPS) is 19.0. The lowest BCUT2D eigenvalue weighted by atomic mass is 10.00. The van der Waals surface area contributed by atoms with Gasteiger partial charge in [0, 0.05) is 5.75 Å². The van der Waals surface area contributed by atoms with E-state index in [-0.39, 0.29) is 0 Å². The van der Waals surface area contributed by atoms with Gasteiger partial charge in [0.2, 0.25) is 0 Å². The van der Waals surface area contributed by atoms with Gasteiger partial charge in [-0.3, -0.25) is 0 Å². The predicted molar refractivity (Wildman–Crippen MR) is 44.5 cm³/mol. The molecule has 9 heavy (non-hydrogen) atoms. The van der Waals surface area contributed by atoms with Crippen LogP contribution in [0.5, 0.6) is 0 Å². The minimum absolute atomic E-state index is 0.660. The predicted octanol–water partition coefficient (Wildman–Crippen LogP) is 2.83. The van der Waals surface area contributed by atoms with E-state index in [1.807, 2.05) is 11.8 Å². The van der Waals surface area contributed by atoms with Crippen LogP contribution in [-0.2, 0) is 0 Å². The molecule has 0 aromatic carbocycles. The van der Waals surface area contributed by atoms with Gasteiger partial charge in [0.15, 0.2) is 0 Å². The van der Waals surface area contributed by atoms with Crippen LogP contribution >= 0.6 is 11.8 Å². The summed E-state index contributed by atoms with van der Waals surface area (Å²) in [6.07, 6.45) is 0. The van der Waals surface area contributed by atoms with Crippen LogP contribution in [0, 0.1) is 5.92 Å². The maximum Gasteiger partial charge on any atom is 0.0223 e. The topological polar surface area (TPSA) is 0 Å². The molecule has 0 nitrogen and oxygen atoms in total. The Morgan fingerprint density at radius 3 is 2.56 bits per heavy atom. The zero-order chi connectivity index (χ0) is 6.85. The maximum absolute atomic E-state index is 3.97. The number of rotatable bonds is 1. The Labute approximate surface area is 61.0 Å². The monoisotopic (exact) mass is 140 g/mol. The highest BCUT2D eigenvalue weighted by atomic mass is 32.2. The molecule has 0 fully saturated rings. The first kappa shape index (κ1) is 6.94. The largest absolute Gasteiger partial charge is 0.129 e. The molecule has 1 heteroatoms. The molecule has 0 aliphatic carbocycles. The molecular weight excluding hydrogens is 128 g/mol. The van der Waals surface area contributed by atoms with E-state index in [1.165, 1.54) is 11.1 Å². The zero-order valence-corrected chi connectivity index (χ0v) is 6.79. The third kappa shape index (κ3) is 1.39. The summed E-state index contributed by atoms with van der Waals surface area (Å²) < 4.78 is 0. The lowest BCUT2D eigenvalue weighted by molar-refractivity contribution is 0.784. The van der Waals surface area contributed by atoms with Crippen LogP contribution in [0.1, 0.15) is 13.8 Å². The summed E-state index contributed by atoms with van der Waals surface area (Å²) >= 11 is 1.86. The van der Waals surface area contributed by atoms with Crippen LogP contribution in [0.4, 0.5) is 0 Å². The van der Waals surface area contributed by atoms with Crippen LogP contribution in [0.15, 0.2) is 23.1 Å².